The van der Waals surface area contributed by atoms with Crippen molar-refractivity contribution in [3.63, 3.8) is 0 Å². The monoisotopic (exact) mass is 252 g/mol. The minimum Gasteiger partial charge on any atom is -0.379 e. The van der Waals surface area contributed by atoms with Gasteiger partial charge in [0.15, 0.2) is 0 Å². The molecule has 0 aromatic carbocycles. The lowest BCUT2D eigenvalue weighted by molar-refractivity contribution is 0.0625. The summed E-state index contributed by atoms with van der Waals surface area (Å²) in [5.41, 5.74) is 6.03. The number of carbonyl (C=O) groups is 1. The molecule has 0 radical (unpaired) electrons. The molecule has 0 atom stereocenters. The van der Waals surface area contributed by atoms with Crippen LogP contribution in [-0.2, 0) is 0 Å². The van der Waals surface area contributed by atoms with E-state index in [4.69, 9.17) is 5.73 Å². The molecule has 0 bridgehead atoms. The number of amides is 1. The maximum Gasteiger partial charge on any atom is 0.280 e. The van der Waals surface area contributed by atoms with Crippen LogP contribution in [0.1, 0.15) is 50.0 Å². The van der Waals surface area contributed by atoms with Crippen LogP contribution in [0.4, 0.5) is 5.82 Å². The highest BCUT2D eigenvalue weighted by Gasteiger charge is 2.32. The maximum atomic E-state index is 12.2. The summed E-state index contributed by atoms with van der Waals surface area (Å²) in [6.07, 6.45) is 4.28. The normalized spacial score (nSPS) is 19.7. The fourth-order valence-electron chi connectivity index (χ4n) is 2.45. The quantitative estimate of drug-likeness (QED) is 0.865. The Morgan fingerprint density at radius 1 is 1.39 bits per heavy atom. The Labute approximate surface area is 106 Å². The first-order valence-electron chi connectivity index (χ1n) is 6.26. The highest BCUT2D eigenvalue weighted by atomic mass is 16.6. The third kappa shape index (κ3) is 2.47. The molecule has 1 heterocycles. The van der Waals surface area contributed by atoms with Gasteiger partial charge in [0, 0.05) is 13.1 Å². The first kappa shape index (κ1) is 12.9. The number of hydrogen-bond acceptors (Lipinski definition) is 5. The molecule has 0 spiro atoms. The summed E-state index contributed by atoms with van der Waals surface area (Å²) in [5, 5.41) is 6.99. The van der Waals surface area contributed by atoms with Crippen LogP contribution in [-0.4, -0.2) is 34.2 Å². The lowest BCUT2D eigenvalue weighted by Gasteiger charge is -2.38. The lowest BCUT2D eigenvalue weighted by Crippen LogP contribution is -2.41. The molecule has 6 heteroatoms. The summed E-state index contributed by atoms with van der Waals surface area (Å²) < 4.78 is 4.46. The molecule has 1 saturated carbocycles. The molecule has 1 aliphatic carbocycles. The van der Waals surface area contributed by atoms with Crippen molar-refractivity contribution in [2.75, 3.05) is 12.8 Å². The van der Waals surface area contributed by atoms with E-state index in [-0.39, 0.29) is 23.5 Å². The Kier molecular flexibility index (Phi) is 3.28. The first-order valence-corrected chi connectivity index (χ1v) is 6.26. The summed E-state index contributed by atoms with van der Waals surface area (Å²) >= 11 is 0. The Morgan fingerprint density at radius 2 is 2.00 bits per heavy atom. The van der Waals surface area contributed by atoms with Crippen LogP contribution in [0.3, 0.4) is 0 Å². The first-order chi connectivity index (χ1) is 8.41. The van der Waals surface area contributed by atoms with Gasteiger partial charge in [-0.25, -0.2) is 4.63 Å². The molecule has 0 aliphatic heterocycles. The van der Waals surface area contributed by atoms with E-state index in [0.717, 1.165) is 25.7 Å². The van der Waals surface area contributed by atoms with Gasteiger partial charge >= 0.3 is 0 Å². The van der Waals surface area contributed by atoms with E-state index in [0.29, 0.717) is 5.41 Å². The summed E-state index contributed by atoms with van der Waals surface area (Å²) in [5.74, 6) is -0.151. The topological polar surface area (TPSA) is 85.2 Å². The van der Waals surface area contributed by atoms with Crippen molar-refractivity contribution in [3.05, 3.63) is 5.69 Å². The Hall–Kier alpha value is -1.59. The van der Waals surface area contributed by atoms with Crippen molar-refractivity contribution >= 4 is 11.7 Å². The molecule has 6 nitrogen and oxygen atoms in total. The zero-order valence-corrected chi connectivity index (χ0v) is 11.1. The number of nitrogens with zero attached hydrogens (tertiary/aromatic N) is 3. The summed E-state index contributed by atoms with van der Waals surface area (Å²) in [7, 11) is 1.79. The Bertz CT molecular complexity index is 431. The highest BCUT2D eigenvalue weighted by molar-refractivity contribution is 5.96. The van der Waals surface area contributed by atoms with E-state index >= 15 is 0 Å². The van der Waals surface area contributed by atoms with Gasteiger partial charge in [0.25, 0.3) is 5.91 Å². The third-order valence-corrected chi connectivity index (χ3v) is 3.89. The summed E-state index contributed by atoms with van der Waals surface area (Å²) in [6, 6.07) is 0.252. The van der Waals surface area contributed by atoms with Gasteiger partial charge in [-0.3, -0.25) is 4.79 Å². The average molecular weight is 252 g/mol. The van der Waals surface area contributed by atoms with Crippen LogP contribution in [0.2, 0.25) is 0 Å². The van der Waals surface area contributed by atoms with Crippen molar-refractivity contribution in [2.45, 2.75) is 45.6 Å². The molecule has 2 rings (SSSR count). The molecular formula is C12H20N4O2. The second kappa shape index (κ2) is 4.59. The molecule has 1 aromatic heterocycles. The molecule has 18 heavy (non-hydrogen) atoms. The number of rotatable bonds is 2. The number of anilines is 1. The molecule has 0 unspecified atom stereocenters. The van der Waals surface area contributed by atoms with Crippen LogP contribution >= 0.6 is 0 Å². The number of aromatic nitrogens is 2. The standard InChI is InChI=1S/C12H20N4O2/c1-12(2)6-4-8(5-7-12)16(3)11(17)9-10(13)15-18-14-9/h8H,4-7H2,1-3H3,(H2,13,15). The van der Waals surface area contributed by atoms with Crippen LogP contribution in [0.5, 0.6) is 0 Å². The predicted octanol–water partition coefficient (Wildman–Crippen LogP) is 1.69. The van der Waals surface area contributed by atoms with Crippen LogP contribution in [0, 0.1) is 5.41 Å². The molecule has 1 amide bonds. The van der Waals surface area contributed by atoms with E-state index in [1.807, 2.05) is 0 Å². The predicted molar refractivity (Wildman–Crippen MR) is 66.8 cm³/mol. The lowest BCUT2D eigenvalue weighted by atomic mass is 9.75. The van der Waals surface area contributed by atoms with Crippen LogP contribution < -0.4 is 5.73 Å². The van der Waals surface area contributed by atoms with Crippen LogP contribution in [0.15, 0.2) is 4.63 Å². The zero-order valence-electron chi connectivity index (χ0n) is 11.1. The van der Waals surface area contributed by atoms with Crippen molar-refractivity contribution in [3.8, 4) is 0 Å². The van der Waals surface area contributed by atoms with Crippen LogP contribution in [0.25, 0.3) is 0 Å². The molecular weight excluding hydrogens is 232 g/mol. The SMILES string of the molecule is CN(C(=O)c1nonc1N)C1CCC(C)(C)CC1. The average Bonchev–Trinajstić information content (AvgIpc) is 2.73. The van der Waals surface area contributed by atoms with Gasteiger partial charge in [-0.15, -0.1) is 0 Å². The number of nitrogens with two attached hydrogens (primary N) is 1. The van der Waals surface area contributed by atoms with Crippen molar-refractivity contribution < 1.29 is 9.42 Å². The van der Waals surface area contributed by atoms with Gasteiger partial charge < -0.3 is 10.6 Å². The van der Waals surface area contributed by atoms with E-state index < -0.39 is 0 Å². The van der Waals surface area contributed by atoms with E-state index in [2.05, 4.69) is 28.8 Å². The maximum absolute atomic E-state index is 12.2. The van der Waals surface area contributed by atoms with Gasteiger partial charge in [-0.2, -0.15) is 0 Å². The summed E-state index contributed by atoms with van der Waals surface area (Å²) in [6.45, 7) is 4.54. The smallest absolute Gasteiger partial charge is 0.280 e. The largest absolute Gasteiger partial charge is 0.379 e. The molecule has 1 aliphatic rings. The highest BCUT2D eigenvalue weighted by Crippen LogP contribution is 2.36. The molecule has 100 valence electrons. The fraction of sp³-hybridized carbons (Fsp3) is 0.750. The van der Waals surface area contributed by atoms with Gasteiger partial charge in [0.05, 0.1) is 0 Å². The van der Waals surface area contributed by atoms with Crippen molar-refractivity contribution in [1.82, 2.24) is 15.2 Å². The molecule has 1 aromatic rings. The minimum atomic E-state index is -0.210. The second-order valence-electron chi connectivity index (χ2n) is 5.81. The van der Waals surface area contributed by atoms with Gasteiger partial charge in [-0.1, -0.05) is 13.8 Å². The molecule has 0 saturated heterocycles. The Morgan fingerprint density at radius 3 is 2.50 bits per heavy atom. The van der Waals surface area contributed by atoms with Gasteiger partial charge in [-0.05, 0) is 41.4 Å². The third-order valence-electron chi connectivity index (χ3n) is 3.89. The van der Waals surface area contributed by atoms with Gasteiger partial charge in [0.2, 0.25) is 11.5 Å². The van der Waals surface area contributed by atoms with Crippen molar-refractivity contribution in [1.29, 1.82) is 0 Å². The second-order valence-corrected chi connectivity index (χ2v) is 5.81. The minimum absolute atomic E-state index is 0.0583. The van der Waals surface area contributed by atoms with Crippen molar-refractivity contribution in [2.24, 2.45) is 5.41 Å². The van der Waals surface area contributed by atoms with E-state index in [9.17, 15) is 4.79 Å². The molecule has 1 fully saturated rings. The Balaban J connectivity index is 2.02. The number of nitrogen functional groups attached to an aromatic ring is 1. The molecule has 2 N–H and O–H groups in total. The van der Waals surface area contributed by atoms with Gasteiger partial charge in [0.1, 0.15) is 0 Å². The number of carbonyl (C=O) groups excluding carboxylic acids is 1. The fourth-order valence-corrected chi connectivity index (χ4v) is 2.45. The summed E-state index contributed by atoms with van der Waals surface area (Å²) in [4.78, 5) is 13.9. The number of hydrogen-bond donors (Lipinski definition) is 1. The van der Waals surface area contributed by atoms with E-state index in [1.165, 1.54) is 0 Å². The van der Waals surface area contributed by atoms with E-state index in [1.54, 1.807) is 11.9 Å². The zero-order chi connectivity index (χ0) is 13.3.